The molecule has 1 spiro atoms. The summed E-state index contributed by atoms with van der Waals surface area (Å²) < 4.78 is 0.224. The van der Waals surface area contributed by atoms with Gasteiger partial charge in [0.1, 0.15) is 11.6 Å². The van der Waals surface area contributed by atoms with Crippen LogP contribution >= 0.6 is 11.8 Å². The first kappa shape index (κ1) is 13.3. The van der Waals surface area contributed by atoms with E-state index in [2.05, 4.69) is 11.6 Å². The van der Waals surface area contributed by atoms with Gasteiger partial charge in [-0.15, -0.1) is 0 Å². The van der Waals surface area contributed by atoms with Crippen molar-refractivity contribution < 1.29 is 9.59 Å². The molecule has 0 aromatic carbocycles. The summed E-state index contributed by atoms with van der Waals surface area (Å²) in [7, 11) is 0. The maximum atomic E-state index is 12.8. The van der Waals surface area contributed by atoms with E-state index in [0.717, 1.165) is 32.2 Å². The number of amides is 2. The molecule has 0 aromatic heterocycles. The van der Waals surface area contributed by atoms with E-state index in [1.165, 1.54) is 12.8 Å². The van der Waals surface area contributed by atoms with Gasteiger partial charge in [-0.2, -0.15) is 11.8 Å². The van der Waals surface area contributed by atoms with E-state index < -0.39 is 5.54 Å². The topological polar surface area (TPSA) is 49.4 Å². The summed E-state index contributed by atoms with van der Waals surface area (Å²) >= 11 is 1.84. The fraction of sp³-hybridized carbons (Fsp3) is 0.857. The molecule has 2 saturated carbocycles. The summed E-state index contributed by atoms with van der Waals surface area (Å²) in [5, 5.41) is 3.01. The van der Waals surface area contributed by atoms with Gasteiger partial charge in [0.05, 0.1) is 0 Å². The van der Waals surface area contributed by atoms with Gasteiger partial charge in [0.2, 0.25) is 11.8 Å². The molecule has 0 bridgehead atoms. The molecular weight excluding hydrogens is 260 g/mol. The second-order valence-electron chi connectivity index (χ2n) is 6.27. The lowest BCUT2D eigenvalue weighted by Gasteiger charge is -2.44. The van der Waals surface area contributed by atoms with Crippen LogP contribution in [0, 0.1) is 0 Å². The molecule has 3 rings (SSSR count). The molecule has 1 N–H and O–H groups in total. The van der Waals surface area contributed by atoms with Crippen LogP contribution < -0.4 is 5.32 Å². The van der Waals surface area contributed by atoms with E-state index in [1.54, 1.807) is 0 Å². The van der Waals surface area contributed by atoms with Crippen molar-refractivity contribution in [1.29, 1.82) is 0 Å². The van der Waals surface area contributed by atoms with Crippen molar-refractivity contribution >= 4 is 23.6 Å². The van der Waals surface area contributed by atoms with E-state index in [1.807, 2.05) is 23.6 Å². The number of nitrogens with one attached hydrogen (secondary N) is 1. The van der Waals surface area contributed by atoms with Crippen molar-refractivity contribution in [3.63, 3.8) is 0 Å². The molecule has 1 aliphatic heterocycles. The Kier molecular flexibility index (Phi) is 3.08. The third-order valence-corrected chi connectivity index (χ3v) is 6.44. The van der Waals surface area contributed by atoms with E-state index in [4.69, 9.17) is 0 Å². The third-order valence-electron chi connectivity index (χ3n) is 5.04. The number of piperazine rings is 1. The van der Waals surface area contributed by atoms with Crippen LogP contribution in [0.15, 0.2) is 0 Å². The molecule has 3 aliphatic rings. The maximum absolute atomic E-state index is 12.8. The van der Waals surface area contributed by atoms with Gasteiger partial charge in [-0.3, -0.25) is 9.59 Å². The number of hydrogen-bond donors (Lipinski definition) is 1. The van der Waals surface area contributed by atoms with Crippen molar-refractivity contribution in [3.05, 3.63) is 0 Å². The van der Waals surface area contributed by atoms with Crippen molar-refractivity contribution in [2.45, 2.75) is 61.8 Å². The Bertz CT molecular complexity index is 414. The smallest absolute Gasteiger partial charge is 0.249 e. The Labute approximate surface area is 118 Å². The summed E-state index contributed by atoms with van der Waals surface area (Å²) in [6, 6.07) is -0.316. The average Bonchev–Trinajstić information content (AvgIpc) is 3.03. The van der Waals surface area contributed by atoms with Gasteiger partial charge in [0.15, 0.2) is 0 Å². The molecule has 2 aliphatic carbocycles. The molecule has 106 valence electrons. The van der Waals surface area contributed by atoms with Crippen molar-refractivity contribution in [2.24, 2.45) is 0 Å². The molecule has 3 fully saturated rings. The van der Waals surface area contributed by atoms with E-state index >= 15 is 0 Å². The summed E-state index contributed by atoms with van der Waals surface area (Å²) in [6.45, 7) is 2.59. The predicted molar refractivity (Wildman–Crippen MR) is 76.0 cm³/mol. The second kappa shape index (κ2) is 4.40. The zero-order valence-corrected chi connectivity index (χ0v) is 12.5. The van der Waals surface area contributed by atoms with Gasteiger partial charge >= 0.3 is 0 Å². The molecule has 1 saturated heterocycles. The van der Waals surface area contributed by atoms with Crippen molar-refractivity contribution in [2.75, 3.05) is 12.8 Å². The third kappa shape index (κ3) is 2.06. The summed E-state index contributed by atoms with van der Waals surface area (Å²) in [5.74, 6) is 0.191. The Balaban J connectivity index is 1.83. The highest BCUT2D eigenvalue weighted by Crippen LogP contribution is 2.48. The van der Waals surface area contributed by atoms with E-state index in [9.17, 15) is 9.59 Å². The molecule has 1 heterocycles. The van der Waals surface area contributed by atoms with Gasteiger partial charge in [-0.05, 0) is 38.9 Å². The highest BCUT2D eigenvalue weighted by atomic mass is 32.2. The van der Waals surface area contributed by atoms with Gasteiger partial charge in [0, 0.05) is 11.3 Å². The maximum Gasteiger partial charge on any atom is 0.249 e. The monoisotopic (exact) mass is 282 g/mol. The van der Waals surface area contributed by atoms with Crippen LogP contribution in [-0.2, 0) is 9.59 Å². The molecular formula is C14H22N2O2S. The zero-order chi connectivity index (χ0) is 13.7. The Hall–Kier alpha value is -0.710. The first-order chi connectivity index (χ1) is 9.02. The quantitative estimate of drug-likeness (QED) is 0.854. The zero-order valence-electron chi connectivity index (χ0n) is 11.7. The summed E-state index contributed by atoms with van der Waals surface area (Å²) in [5.41, 5.74) is -0.571. The van der Waals surface area contributed by atoms with Gasteiger partial charge < -0.3 is 10.2 Å². The number of carbonyl (C=O) groups excluding carboxylic acids is 2. The number of rotatable bonds is 3. The van der Waals surface area contributed by atoms with Gasteiger partial charge in [-0.25, -0.2) is 0 Å². The van der Waals surface area contributed by atoms with E-state index in [-0.39, 0.29) is 22.6 Å². The Morgan fingerprint density at radius 1 is 1.26 bits per heavy atom. The lowest BCUT2D eigenvalue weighted by atomic mass is 9.91. The Morgan fingerprint density at radius 3 is 2.42 bits per heavy atom. The van der Waals surface area contributed by atoms with Gasteiger partial charge in [0.25, 0.3) is 0 Å². The minimum Gasteiger partial charge on any atom is -0.340 e. The number of hydrogen-bond acceptors (Lipinski definition) is 3. The average molecular weight is 282 g/mol. The fourth-order valence-electron chi connectivity index (χ4n) is 3.39. The highest BCUT2D eigenvalue weighted by Gasteiger charge is 2.54. The largest absolute Gasteiger partial charge is 0.340 e. The first-order valence-corrected chi connectivity index (χ1v) is 8.43. The molecule has 2 amide bonds. The molecule has 0 radical (unpaired) electrons. The van der Waals surface area contributed by atoms with Crippen molar-refractivity contribution in [3.8, 4) is 0 Å². The van der Waals surface area contributed by atoms with E-state index in [0.29, 0.717) is 0 Å². The fourth-order valence-corrected chi connectivity index (χ4v) is 4.17. The minimum atomic E-state index is -0.571. The molecule has 4 nitrogen and oxygen atoms in total. The molecule has 1 atom stereocenters. The lowest BCUT2D eigenvalue weighted by molar-refractivity contribution is -0.154. The lowest BCUT2D eigenvalue weighted by Crippen LogP contribution is -2.69. The molecule has 1 unspecified atom stereocenters. The highest BCUT2D eigenvalue weighted by molar-refractivity contribution is 8.00. The summed E-state index contributed by atoms with van der Waals surface area (Å²) in [6.07, 6.45) is 8.15. The minimum absolute atomic E-state index is 0.0263. The van der Waals surface area contributed by atoms with Crippen LogP contribution in [0.2, 0.25) is 0 Å². The van der Waals surface area contributed by atoms with Crippen LogP contribution in [0.3, 0.4) is 0 Å². The van der Waals surface area contributed by atoms with Gasteiger partial charge in [-0.1, -0.05) is 12.8 Å². The predicted octanol–water partition coefficient (Wildman–Crippen LogP) is 1.54. The first-order valence-electron chi connectivity index (χ1n) is 7.20. The molecule has 0 aromatic rings. The molecule has 5 heteroatoms. The molecule has 19 heavy (non-hydrogen) atoms. The number of nitrogens with zero attached hydrogens (tertiary/aromatic N) is 1. The van der Waals surface area contributed by atoms with Crippen LogP contribution in [0.4, 0.5) is 0 Å². The summed E-state index contributed by atoms with van der Waals surface area (Å²) in [4.78, 5) is 26.9. The van der Waals surface area contributed by atoms with Crippen molar-refractivity contribution in [1.82, 2.24) is 10.2 Å². The van der Waals surface area contributed by atoms with Crippen LogP contribution in [0.1, 0.15) is 45.4 Å². The second-order valence-corrected chi connectivity index (χ2v) is 7.55. The SMILES string of the molecule is CSC1(CN2C(=O)C3(CCCC3)NC(=O)C2C)CC1. The van der Waals surface area contributed by atoms with Crippen LogP contribution in [0.25, 0.3) is 0 Å². The normalized spacial score (nSPS) is 31.7. The number of thioether (sulfide) groups is 1. The van der Waals surface area contributed by atoms with Crippen LogP contribution in [0.5, 0.6) is 0 Å². The number of carbonyl (C=O) groups is 2. The standard InChI is InChI=1S/C14H22N2O2S/c1-10-11(17)15-14(5-3-4-6-14)12(18)16(10)9-13(19-2)7-8-13/h10H,3-9H2,1-2H3,(H,15,17). The van der Waals surface area contributed by atoms with Crippen LogP contribution in [-0.4, -0.2) is 45.8 Å². The Morgan fingerprint density at radius 2 is 1.89 bits per heavy atom.